The topological polar surface area (TPSA) is 72.5 Å². The van der Waals surface area contributed by atoms with Gasteiger partial charge in [0.25, 0.3) is 0 Å². The van der Waals surface area contributed by atoms with Crippen molar-refractivity contribution >= 4 is 22.8 Å². The van der Waals surface area contributed by atoms with Crippen LogP contribution in [0, 0.1) is 6.92 Å². The lowest BCUT2D eigenvalue weighted by Gasteiger charge is -2.25. The van der Waals surface area contributed by atoms with Crippen LogP contribution in [0.5, 0.6) is 0 Å². The normalized spacial score (nSPS) is 12.3. The minimum atomic E-state index is -0.235. The first-order chi connectivity index (χ1) is 12.7. The van der Waals surface area contributed by atoms with Crippen LogP contribution < -0.4 is 10.6 Å². The predicted octanol–water partition coefficient (Wildman–Crippen LogP) is 2.83. The molecule has 1 heterocycles. The van der Waals surface area contributed by atoms with Crippen molar-refractivity contribution in [3.8, 4) is 0 Å². The van der Waals surface area contributed by atoms with Crippen LogP contribution in [0.15, 0.2) is 29.4 Å². The van der Waals surface area contributed by atoms with Gasteiger partial charge in [0.15, 0.2) is 5.96 Å². The number of nitrogens with one attached hydrogen (secondary N) is 3. The van der Waals surface area contributed by atoms with Crippen LogP contribution in [-0.4, -0.2) is 54.0 Å². The van der Waals surface area contributed by atoms with Gasteiger partial charge in [0.05, 0.1) is 6.54 Å². The van der Waals surface area contributed by atoms with E-state index < -0.39 is 0 Å². The number of para-hydroxylation sites is 1. The minimum absolute atomic E-state index is 0.0114. The van der Waals surface area contributed by atoms with Crippen LogP contribution in [0.1, 0.15) is 38.8 Å². The maximum absolute atomic E-state index is 12.2. The fourth-order valence-electron chi connectivity index (χ4n) is 3.07. The first-order valence-electron chi connectivity index (χ1n) is 9.57. The third-order valence-electron chi connectivity index (χ3n) is 4.24. The van der Waals surface area contributed by atoms with Gasteiger partial charge in [0, 0.05) is 42.8 Å². The molecule has 0 aliphatic rings. The Labute approximate surface area is 162 Å². The number of carbonyl (C=O) groups is 1. The number of likely N-dealkylation sites (N-methyl/N-ethyl adjacent to an activating group) is 1. The number of nitrogens with zero attached hydrogens (tertiary/aromatic N) is 2. The zero-order valence-electron chi connectivity index (χ0n) is 17.4. The molecule has 1 aromatic carbocycles. The molecule has 2 aromatic rings. The maximum atomic E-state index is 12.2. The zero-order valence-corrected chi connectivity index (χ0v) is 17.4. The number of aryl methyl sites for hydroxylation is 1. The molecule has 1 amide bonds. The Morgan fingerprint density at radius 2 is 2.04 bits per heavy atom. The fourth-order valence-corrected chi connectivity index (χ4v) is 3.07. The molecule has 0 aliphatic carbocycles. The molecule has 0 radical (unpaired) electrons. The lowest BCUT2D eigenvalue weighted by Crippen LogP contribution is -2.48. The van der Waals surface area contributed by atoms with E-state index in [4.69, 9.17) is 4.99 Å². The number of fused-ring (bicyclic) bond motifs is 1. The number of H-pyrrole nitrogens is 1. The van der Waals surface area contributed by atoms with Crippen molar-refractivity contribution in [3.63, 3.8) is 0 Å². The van der Waals surface area contributed by atoms with Crippen LogP contribution in [0.4, 0.5) is 0 Å². The number of amides is 1. The Morgan fingerprint density at radius 1 is 1.30 bits per heavy atom. The molecule has 0 spiro atoms. The molecule has 0 bridgehead atoms. The summed E-state index contributed by atoms with van der Waals surface area (Å²) in [5, 5.41) is 7.51. The summed E-state index contributed by atoms with van der Waals surface area (Å²) in [5.41, 5.74) is 3.47. The van der Waals surface area contributed by atoms with Crippen molar-refractivity contribution in [1.29, 1.82) is 0 Å². The summed E-state index contributed by atoms with van der Waals surface area (Å²) in [6.45, 7) is 11.8. The third-order valence-corrected chi connectivity index (χ3v) is 4.24. The van der Waals surface area contributed by atoms with Crippen molar-refractivity contribution in [2.24, 2.45) is 4.99 Å². The average Bonchev–Trinajstić information content (AvgIpc) is 2.97. The number of benzene rings is 1. The highest BCUT2D eigenvalue weighted by Crippen LogP contribution is 2.21. The van der Waals surface area contributed by atoms with E-state index in [0.29, 0.717) is 6.54 Å². The highest BCUT2D eigenvalue weighted by atomic mass is 16.2. The van der Waals surface area contributed by atoms with Gasteiger partial charge in [-0.05, 0) is 52.2 Å². The second kappa shape index (κ2) is 8.93. The number of rotatable bonds is 6. The number of aliphatic imine (C=N–C) groups is 1. The Bertz CT molecular complexity index is 800. The summed E-state index contributed by atoms with van der Waals surface area (Å²) in [6, 6.07) is 6.34. The first-order valence-corrected chi connectivity index (χ1v) is 9.57. The molecular formula is C21H33N5O. The van der Waals surface area contributed by atoms with E-state index in [0.717, 1.165) is 18.9 Å². The molecule has 0 fully saturated rings. The van der Waals surface area contributed by atoms with E-state index in [1.807, 2.05) is 39.6 Å². The SMILES string of the molecule is CCNC(=NCCc1c[nH]c2c(C)cccc12)N(C)CC(=O)NC(C)(C)C. The van der Waals surface area contributed by atoms with Crippen LogP contribution >= 0.6 is 0 Å². The number of aromatic amines is 1. The van der Waals surface area contributed by atoms with Crippen LogP contribution in [-0.2, 0) is 11.2 Å². The smallest absolute Gasteiger partial charge is 0.240 e. The van der Waals surface area contributed by atoms with E-state index in [-0.39, 0.29) is 18.0 Å². The van der Waals surface area contributed by atoms with E-state index in [2.05, 4.69) is 46.9 Å². The molecule has 0 saturated carbocycles. The Hall–Kier alpha value is -2.50. The lowest BCUT2D eigenvalue weighted by molar-refractivity contribution is -0.122. The molecule has 0 saturated heterocycles. The molecule has 6 nitrogen and oxygen atoms in total. The van der Waals surface area contributed by atoms with Gasteiger partial charge in [-0.3, -0.25) is 9.79 Å². The molecule has 3 N–H and O–H groups in total. The molecule has 0 aliphatic heterocycles. The number of aromatic nitrogens is 1. The van der Waals surface area contributed by atoms with Gasteiger partial charge in [-0.15, -0.1) is 0 Å². The molecule has 0 atom stereocenters. The van der Waals surface area contributed by atoms with Crippen molar-refractivity contribution in [3.05, 3.63) is 35.5 Å². The molecule has 0 unspecified atom stereocenters. The van der Waals surface area contributed by atoms with Gasteiger partial charge >= 0.3 is 0 Å². The van der Waals surface area contributed by atoms with Gasteiger partial charge in [0.1, 0.15) is 0 Å². The van der Waals surface area contributed by atoms with Crippen molar-refractivity contribution < 1.29 is 4.79 Å². The maximum Gasteiger partial charge on any atom is 0.240 e. The summed E-state index contributed by atoms with van der Waals surface area (Å²) in [6.07, 6.45) is 2.92. The van der Waals surface area contributed by atoms with E-state index >= 15 is 0 Å². The van der Waals surface area contributed by atoms with Gasteiger partial charge in [-0.1, -0.05) is 18.2 Å². The molecule has 1 aromatic heterocycles. The van der Waals surface area contributed by atoms with Crippen molar-refractivity contribution in [2.45, 2.75) is 46.6 Å². The third kappa shape index (κ3) is 6.01. The molecular weight excluding hydrogens is 338 g/mol. The summed E-state index contributed by atoms with van der Waals surface area (Å²) in [7, 11) is 1.89. The van der Waals surface area contributed by atoms with Crippen LogP contribution in [0.3, 0.4) is 0 Å². The molecule has 6 heteroatoms. The Morgan fingerprint density at radius 3 is 2.70 bits per heavy atom. The van der Waals surface area contributed by atoms with Gasteiger partial charge in [0.2, 0.25) is 5.91 Å². The predicted molar refractivity (Wildman–Crippen MR) is 113 cm³/mol. The largest absolute Gasteiger partial charge is 0.361 e. The number of hydrogen-bond donors (Lipinski definition) is 3. The standard InChI is InChI=1S/C21H33N5O/c1-7-22-20(26(6)14-18(27)25-21(3,4)5)23-12-11-16-13-24-19-15(2)9-8-10-17(16)19/h8-10,13,24H,7,11-12,14H2,1-6H3,(H,22,23)(H,25,27). The highest BCUT2D eigenvalue weighted by Gasteiger charge is 2.16. The Kier molecular flexibility index (Phi) is 6.88. The summed E-state index contributed by atoms with van der Waals surface area (Å²) in [5.74, 6) is 0.736. The highest BCUT2D eigenvalue weighted by molar-refractivity contribution is 5.87. The summed E-state index contributed by atoms with van der Waals surface area (Å²) < 4.78 is 0. The minimum Gasteiger partial charge on any atom is -0.361 e. The molecule has 148 valence electrons. The quantitative estimate of drug-likeness (QED) is 0.540. The average molecular weight is 372 g/mol. The lowest BCUT2D eigenvalue weighted by atomic mass is 10.1. The van der Waals surface area contributed by atoms with Gasteiger partial charge < -0.3 is 20.5 Å². The van der Waals surface area contributed by atoms with Gasteiger partial charge in [-0.2, -0.15) is 0 Å². The first kappa shape index (κ1) is 20.8. The van der Waals surface area contributed by atoms with E-state index in [1.54, 1.807) is 0 Å². The summed E-state index contributed by atoms with van der Waals surface area (Å²) >= 11 is 0. The van der Waals surface area contributed by atoms with E-state index in [1.165, 1.54) is 22.0 Å². The van der Waals surface area contributed by atoms with E-state index in [9.17, 15) is 4.79 Å². The molecule has 2 rings (SSSR count). The number of guanidine groups is 1. The Balaban J connectivity index is 2.01. The fraction of sp³-hybridized carbons (Fsp3) is 0.524. The monoisotopic (exact) mass is 371 g/mol. The molecule has 27 heavy (non-hydrogen) atoms. The number of hydrogen-bond acceptors (Lipinski definition) is 2. The second-order valence-electron chi connectivity index (χ2n) is 7.95. The van der Waals surface area contributed by atoms with Crippen LogP contribution in [0.2, 0.25) is 0 Å². The zero-order chi connectivity index (χ0) is 20.0. The van der Waals surface area contributed by atoms with Crippen molar-refractivity contribution in [1.82, 2.24) is 20.5 Å². The van der Waals surface area contributed by atoms with Gasteiger partial charge in [-0.25, -0.2) is 0 Å². The van der Waals surface area contributed by atoms with Crippen LogP contribution in [0.25, 0.3) is 10.9 Å². The summed E-state index contributed by atoms with van der Waals surface area (Å²) in [4.78, 5) is 22.1. The number of carbonyl (C=O) groups excluding carboxylic acids is 1. The van der Waals surface area contributed by atoms with Crippen molar-refractivity contribution in [2.75, 3.05) is 26.7 Å². The second-order valence-corrected chi connectivity index (χ2v) is 7.95.